The van der Waals surface area contributed by atoms with E-state index in [0.717, 1.165) is 45.1 Å². The van der Waals surface area contributed by atoms with Crippen LogP contribution in [-0.4, -0.2) is 92.0 Å². The van der Waals surface area contributed by atoms with E-state index in [1.54, 1.807) is 0 Å². The van der Waals surface area contributed by atoms with Gasteiger partial charge in [-0.1, -0.05) is 0 Å². The van der Waals surface area contributed by atoms with Crippen molar-refractivity contribution in [1.29, 1.82) is 0 Å². The summed E-state index contributed by atoms with van der Waals surface area (Å²) in [7, 11) is 0.0385. The van der Waals surface area contributed by atoms with Crippen LogP contribution < -0.4 is 5.32 Å². The molecule has 2 bridgehead atoms. The maximum absolute atomic E-state index is 11.2. The summed E-state index contributed by atoms with van der Waals surface area (Å²) in [6.07, 6.45) is 4.89. The number of ether oxygens (including phenoxy) is 2. The summed E-state index contributed by atoms with van der Waals surface area (Å²) in [5.41, 5.74) is -0.458. The zero-order chi connectivity index (χ0) is 20.6. The van der Waals surface area contributed by atoms with Crippen molar-refractivity contribution in [3.05, 3.63) is 0 Å². The molecular formula is C20H34N2O6S. The molecule has 29 heavy (non-hydrogen) atoms. The number of nitrogens with one attached hydrogen (secondary N) is 1. The van der Waals surface area contributed by atoms with E-state index in [0.29, 0.717) is 12.0 Å². The second-order valence-electron chi connectivity index (χ2n) is 9.95. The molecule has 3 aliphatic carbocycles. The zero-order valence-electron chi connectivity index (χ0n) is 17.3. The number of rotatable bonds is 5. The average Bonchev–Trinajstić information content (AvgIpc) is 3.02. The molecule has 0 radical (unpaired) electrons. The second-order valence-corrected chi connectivity index (χ2v) is 11.5. The lowest BCUT2D eigenvalue weighted by atomic mass is 9.42. The highest BCUT2D eigenvalue weighted by Gasteiger charge is 2.77. The number of aliphatic hydroxyl groups is 1. The van der Waals surface area contributed by atoms with E-state index >= 15 is 0 Å². The Bertz CT molecular complexity index is 764. The Labute approximate surface area is 173 Å². The van der Waals surface area contributed by atoms with Gasteiger partial charge in [-0.2, -0.15) is 8.42 Å². The summed E-state index contributed by atoms with van der Waals surface area (Å²) in [5.74, 6) is 0.510. The van der Waals surface area contributed by atoms with Crippen molar-refractivity contribution in [2.75, 3.05) is 33.0 Å². The first-order valence-electron chi connectivity index (χ1n) is 11.0. The SMILES string of the molecule is CO[C@]12CCC(NCCS(=O)(=O)O)[C@@H]3OC4C(O)CCC5CC1N(C)CC[C@]32C54. The van der Waals surface area contributed by atoms with Crippen molar-refractivity contribution >= 4 is 10.1 Å². The molecule has 1 spiro atoms. The topological polar surface area (TPSA) is 108 Å². The van der Waals surface area contributed by atoms with Crippen LogP contribution in [0.1, 0.15) is 38.5 Å². The third kappa shape index (κ3) is 2.74. The largest absolute Gasteiger partial charge is 0.390 e. The van der Waals surface area contributed by atoms with Gasteiger partial charge in [0.05, 0.1) is 29.7 Å². The third-order valence-corrected chi connectivity index (χ3v) is 9.79. The minimum Gasteiger partial charge on any atom is -0.390 e. The van der Waals surface area contributed by atoms with Crippen molar-refractivity contribution < 1.29 is 27.6 Å². The quantitative estimate of drug-likeness (QED) is 0.533. The van der Waals surface area contributed by atoms with Crippen LogP contribution in [0.5, 0.6) is 0 Å². The monoisotopic (exact) mass is 430 g/mol. The van der Waals surface area contributed by atoms with Crippen LogP contribution in [-0.2, 0) is 19.6 Å². The van der Waals surface area contributed by atoms with E-state index < -0.39 is 16.2 Å². The molecule has 0 aromatic carbocycles. The predicted octanol–water partition coefficient (Wildman–Crippen LogP) is 0.260. The van der Waals surface area contributed by atoms with Crippen molar-refractivity contribution in [2.24, 2.45) is 17.3 Å². The Balaban J connectivity index is 1.53. The highest BCUT2D eigenvalue weighted by atomic mass is 32.2. The van der Waals surface area contributed by atoms with Crippen LogP contribution in [0, 0.1) is 17.3 Å². The Morgan fingerprint density at radius 2 is 2.07 bits per heavy atom. The lowest BCUT2D eigenvalue weighted by Crippen LogP contribution is -2.78. The highest BCUT2D eigenvalue weighted by molar-refractivity contribution is 7.85. The molecule has 2 heterocycles. The Morgan fingerprint density at radius 1 is 1.28 bits per heavy atom. The Kier molecular flexibility index (Phi) is 4.87. The maximum atomic E-state index is 11.2. The van der Waals surface area contributed by atoms with Crippen LogP contribution >= 0.6 is 0 Å². The van der Waals surface area contributed by atoms with Crippen LogP contribution in [0.4, 0.5) is 0 Å². The molecule has 9 atom stereocenters. The average molecular weight is 431 g/mol. The number of piperidine rings is 1. The molecule has 8 nitrogen and oxygen atoms in total. The molecule has 6 unspecified atom stereocenters. The summed E-state index contributed by atoms with van der Waals surface area (Å²) in [6, 6.07) is 0.349. The fourth-order valence-corrected chi connectivity index (χ4v) is 8.51. The minimum atomic E-state index is -4.00. The first-order valence-corrected chi connectivity index (χ1v) is 12.6. The fourth-order valence-electron chi connectivity index (χ4n) is 8.14. The molecule has 0 aromatic rings. The van der Waals surface area contributed by atoms with Gasteiger partial charge >= 0.3 is 0 Å². The Hall–Kier alpha value is -0.290. The van der Waals surface area contributed by atoms with E-state index in [1.807, 2.05) is 7.11 Å². The zero-order valence-corrected chi connectivity index (χ0v) is 18.1. The van der Waals surface area contributed by atoms with Crippen molar-refractivity contribution in [2.45, 2.75) is 74.5 Å². The van der Waals surface area contributed by atoms with Crippen LogP contribution in [0.25, 0.3) is 0 Å². The summed E-state index contributed by atoms with van der Waals surface area (Å²) in [4.78, 5) is 2.46. The molecule has 2 saturated heterocycles. The summed E-state index contributed by atoms with van der Waals surface area (Å²) in [6.45, 7) is 1.18. The van der Waals surface area contributed by atoms with Gasteiger partial charge in [0.25, 0.3) is 10.1 Å². The molecule has 0 aromatic heterocycles. The van der Waals surface area contributed by atoms with Gasteiger partial charge in [-0.05, 0) is 58.0 Å². The van der Waals surface area contributed by atoms with Gasteiger partial charge in [-0.25, -0.2) is 0 Å². The number of aliphatic hydroxyl groups excluding tert-OH is 1. The van der Waals surface area contributed by atoms with E-state index in [4.69, 9.17) is 14.0 Å². The molecule has 0 amide bonds. The number of likely N-dealkylation sites (tertiary alicyclic amines) is 1. The van der Waals surface area contributed by atoms with E-state index in [-0.39, 0.29) is 47.5 Å². The van der Waals surface area contributed by atoms with Crippen molar-refractivity contribution in [3.8, 4) is 0 Å². The van der Waals surface area contributed by atoms with Crippen LogP contribution in [0.3, 0.4) is 0 Å². The van der Waals surface area contributed by atoms with Gasteiger partial charge < -0.3 is 24.8 Å². The van der Waals surface area contributed by atoms with E-state index in [9.17, 15) is 13.5 Å². The standard InChI is InChI=1S/C20H34N2O6S/c1-22-9-7-19-16-12-3-4-14(23)17(16)28-18(19)13(21-8-10-29(24,25)26)5-6-20(19,27-2)15(22)11-12/h12-18,21,23H,3-11H2,1-2H3,(H,24,25,26)/t12?,13?,14?,15?,16?,17?,18-,19-,20+/m0/s1. The summed E-state index contributed by atoms with van der Waals surface area (Å²) in [5, 5.41) is 14.2. The van der Waals surface area contributed by atoms with Crippen LogP contribution in [0.2, 0.25) is 0 Å². The van der Waals surface area contributed by atoms with Crippen LogP contribution in [0.15, 0.2) is 0 Å². The van der Waals surface area contributed by atoms with Gasteiger partial charge in [0.2, 0.25) is 0 Å². The summed E-state index contributed by atoms with van der Waals surface area (Å²) < 4.78 is 44.6. The van der Waals surface area contributed by atoms with Gasteiger partial charge in [0.1, 0.15) is 0 Å². The second kappa shape index (κ2) is 6.85. The first-order chi connectivity index (χ1) is 13.7. The smallest absolute Gasteiger partial charge is 0.266 e. The third-order valence-electron chi connectivity index (χ3n) is 9.07. The van der Waals surface area contributed by atoms with Crippen molar-refractivity contribution in [3.63, 3.8) is 0 Å². The molecule has 5 fully saturated rings. The first kappa shape index (κ1) is 20.6. The molecular weight excluding hydrogens is 396 g/mol. The molecule has 9 heteroatoms. The van der Waals surface area contributed by atoms with Gasteiger partial charge in [0, 0.05) is 37.1 Å². The highest BCUT2D eigenvalue weighted by Crippen LogP contribution is 2.70. The maximum Gasteiger partial charge on any atom is 0.266 e. The van der Waals surface area contributed by atoms with Crippen molar-refractivity contribution in [1.82, 2.24) is 10.2 Å². The minimum absolute atomic E-state index is 0.000584. The van der Waals surface area contributed by atoms with E-state index in [1.165, 1.54) is 0 Å². The fraction of sp³-hybridized carbons (Fsp3) is 1.00. The number of likely N-dealkylation sites (N-methyl/N-ethyl adjacent to an activating group) is 1. The lowest BCUT2D eigenvalue weighted by molar-refractivity contribution is -0.269. The normalized spacial score (nSPS) is 51.7. The molecule has 3 N–H and O–H groups in total. The number of hydrogen-bond donors (Lipinski definition) is 3. The number of methoxy groups -OCH3 is 1. The van der Waals surface area contributed by atoms with E-state index in [2.05, 4.69) is 17.3 Å². The number of hydrogen-bond acceptors (Lipinski definition) is 7. The predicted molar refractivity (Wildman–Crippen MR) is 106 cm³/mol. The molecule has 166 valence electrons. The molecule has 5 aliphatic rings. The van der Waals surface area contributed by atoms with Gasteiger partial charge in [0.15, 0.2) is 0 Å². The molecule has 5 rings (SSSR count). The Morgan fingerprint density at radius 3 is 2.79 bits per heavy atom. The van der Waals surface area contributed by atoms with Gasteiger partial charge in [-0.15, -0.1) is 0 Å². The van der Waals surface area contributed by atoms with Gasteiger partial charge in [-0.3, -0.25) is 4.55 Å². The lowest BCUT2D eigenvalue weighted by Gasteiger charge is -2.69. The number of nitrogens with zero attached hydrogens (tertiary/aromatic N) is 1. The molecule has 2 aliphatic heterocycles. The molecule has 3 saturated carbocycles. The summed E-state index contributed by atoms with van der Waals surface area (Å²) >= 11 is 0.